The molecule has 1 aliphatic carbocycles. The van der Waals surface area contributed by atoms with E-state index in [-0.39, 0.29) is 17.9 Å². The Labute approximate surface area is 96.0 Å². The molecule has 0 heterocycles. The van der Waals surface area contributed by atoms with E-state index in [1.165, 1.54) is 0 Å². The van der Waals surface area contributed by atoms with Gasteiger partial charge in [-0.2, -0.15) is 0 Å². The van der Waals surface area contributed by atoms with Crippen molar-refractivity contribution in [1.82, 2.24) is 16.1 Å². The number of carbonyl (C=O) groups excluding carboxylic acids is 1. The van der Waals surface area contributed by atoms with Crippen LogP contribution in [0.15, 0.2) is 4.99 Å². The van der Waals surface area contributed by atoms with Crippen molar-refractivity contribution in [3.8, 4) is 0 Å². The zero-order valence-electron chi connectivity index (χ0n) is 9.92. The number of nitrogens with zero attached hydrogens (tertiary/aromatic N) is 1. The fraction of sp³-hybridized carbons (Fsp3) is 0.800. The summed E-state index contributed by atoms with van der Waals surface area (Å²) in [6.45, 7) is 5.08. The van der Waals surface area contributed by atoms with Gasteiger partial charge in [-0.25, -0.2) is 5.84 Å². The first-order valence-corrected chi connectivity index (χ1v) is 5.68. The normalized spacial score (nSPS) is 16.1. The number of hydrogen-bond acceptors (Lipinski definition) is 3. The molecule has 6 nitrogen and oxygen atoms in total. The maximum absolute atomic E-state index is 11.3. The Balaban J connectivity index is 2.14. The lowest BCUT2D eigenvalue weighted by Crippen LogP contribution is -2.45. The molecule has 0 aliphatic heterocycles. The molecule has 1 fully saturated rings. The van der Waals surface area contributed by atoms with E-state index in [2.05, 4.69) is 21.1 Å². The summed E-state index contributed by atoms with van der Waals surface area (Å²) < 4.78 is 0. The molecule has 0 saturated heterocycles. The molecule has 0 aromatic rings. The summed E-state index contributed by atoms with van der Waals surface area (Å²) in [6.07, 6.45) is 2.05. The molecule has 0 unspecified atom stereocenters. The van der Waals surface area contributed by atoms with Crippen LogP contribution in [0.1, 0.15) is 26.7 Å². The molecule has 6 heteroatoms. The summed E-state index contributed by atoms with van der Waals surface area (Å²) in [5.41, 5.74) is 2.48. The molecule has 5 N–H and O–H groups in total. The molecule has 1 amide bonds. The van der Waals surface area contributed by atoms with Crippen LogP contribution in [0.5, 0.6) is 0 Å². The Morgan fingerprint density at radius 2 is 2.19 bits per heavy atom. The number of hydrogen-bond donors (Lipinski definition) is 4. The lowest BCUT2D eigenvalue weighted by molar-refractivity contribution is -0.122. The average molecular weight is 227 g/mol. The first kappa shape index (κ1) is 12.8. The Kier molecular flexibility index (Phi) is 5.04. The van der Waals surface area contributed by atoms with E-state index in [1.807, 2.05) is 13.8 Å². The summed E-state index contributed by atoms with van der Waals surface area (Å²) in [5, 5.41) is 5.89. The lowest BCUT2D eigenvalue weighted by atomic mass is 10.4. The maximum Gasteiger partial charge on any atom is 0.223 e. The van der Waals surface area contributed by atoms with Crippen molar-refractivity contribution >= 4 is 11.9 Å². The molecule has 0 spiro atoms. The lowest BCUT2D eigenvalue weighted by Gasteiger charge is -2.11. The largest absolute Gasteiger partial charge is 0.354 e. The zero-order valence-corrected chi connectivity index (χ0v) is 9.92. The SMILES string of the molecule is CC(C)NC(=NCCNC(=O)C1CC1)NN. The number of rotatable bonds is 5. The van der Waals surface area contributed by atoms with E-state index in [1.54, 1.807) is 0 Å². The second kappa shape index (κ2) is 6.32. The van der Waals surface area contributed by atoms with Gasteiger partial charge in [0, 0.05) is 18.5 Å². The average Bonchev–Trinajstić information content (AvgIpc) is 3.05. The number of nitrogens with one attached hydrogen (secondary N) is 3. The number of guanidine groups is 1. The van der Waals surface area contributed by atoms with Gasteiger partial charge < -0.3 is 10.6 Å². The molecule has 0 radical (unpaired) electrons. The van der Waals surface area contributed by atoms with Crippen molar-refractivity contribution < 1.29 is 4.79 Å². The molecular weight excluding hydrogens is 206 g/mol. The van der Waals surface area contributed by atoms with E-state index in [9.17, 15) is 4.79 Å². The molecule has 1 rings (SSSR count). The molecule has 92 valence electrons. The van der Waals surface area contributed by atoms with Crippen molar-refractivity contribution in [3.05, 3.63) is 0 Å². The van der Waals surface area contributed by atoms with Gasteiger partial charge >= 0.3 is 0 Å². The van der Waals surface area contributed by atoms with Crippen molar-refractivity contribution in [2.24, 2.45) is 16.8 Å². The van der Waals surface area contributed by atoms with Crippen molar-refractivity contribution in [3.63, 3.8) is 0 Å². The van der Waals surface area contributed by atoms with E-state index < -0.39 is 0 Å². The maximum atomic E-state index is 11.3. The highest BCUT2D eigenvalue weighted by molar-refractivity contribution is 5.81. The number of amides is 1. The van der Waals surface area contributed by atoms with Crippen molar-refractivity contribution in [1.29, 1.82) is 0 Å². The number of hydrazine groups is 1. The molecule has 0 atom stereocenters. The minimum Gasteiger partial charge on any atom is -0.354 e. The van der Waals surface area contributed by atoms with Crippen LogP contribution >= 0.6 is 0 Å². The zero-order chi connectivity index (χ0) is 12.0. The third-order valence-corrected chi connectivity index (χ3v) is 2.19. The third-order valence-electron chi connectivity index (χ3n) is 2.19. The Hall–Kier alpha value is -1.30. The van der Waals surface area contributed by atoms with E-state index in [4.69, 9.17) is 5.84 Å². The Morgan fingerprint density at radius 1 is 1.50 bits per heavy atom. The molecule has 1 saturated carbocycles. The fourth-order valence-corrected chi connectivity index (χ4v) is 1.24. The standard InChI is InChI=1S/C10H21N5O/c1-7(2)14-10(15-11)13-6-5-12-9(16)8-3-4-8/h7-8H,3-6,11H2,1-2H3,(H,12,16)(H2,13,14,15). The first-order valence-electron chi connectivity index (χ1n) is 5.68. The molecule has 1 aliphatic rings. The van der Waals surface area contributed by atoms with E-state index >= 15 is 0 Å². The summed E-state index contributed by atoms with van der Waals surface area (Å²) in [5.74, 6) is 6.24. The van der Waals surface area contributed by atoms with Gasteiger partial charge in [0.05, 0.1) is 6.54 Å². The molecule has 0 aromatic carbocycles. The van der Waals surface area contributed by atoms with Crippen molar-refractivity contribution in [2.45, 2.75) is 32.7 Å². The quantitative estimate of drug-likeness (QED) is 0.165. The van der Waals surface area contributed by atoms with Gasteiger partial charge in [0.2, 0.25) is 11.9 Å². The van der Waals surface area contributed by atoms with E-state index in [0.717, 1.165) is 12.8 Å². The van der Waals surface area contributed by atoms with Gasteiger partial charge in [0.15, 0.2) is 0 Å². The predicted octanol–water partition coefficient (Wildman–Crippen LogP) is -0.670. The van der Waals surface area contributed by atoms with Gasteiger partial charge in [-0.05, 0) is 26.7 Å². The molecule has 0 bridgehead atoms. The third kappa shape index (κ3) is 4.97. The van der Waals surface area contributed by atoms with Gasteiger partial charge in [-0.15, -0.1) is 0 Å². The topological polar surface area (TPSA) is 91.5 Å². The van der Waals surface area contributed by atoms with Crippen LogP contribution in [0.2, 0.25) is 0 Å². The second-order valence-corrected chi connectivity index (χ2v) is 4.24. The monoisotopic (exact) mass is 227 g/mol. The van der Waals surface area contributed by atoms with Crippen LogP contribution in [-0.2, 0) is 4.79 Å². The summed E-state index contributed by atoms with van der Waals surface area (Å²) in [7, 11) is 0. The van der Waals surface area contributed by atoms with Crippen LogP contribution in [-0.4, -0.2) is 31.0 Å². The fourth-order valence-electron chi connectivity index (χ4n) is 1.24. The van der Waals surface area contributed by atoms with Crippen LogP contribution in [0, 0.1) is 5.92 Å². The highest BCUT2D eigenvalue weighted by atomic mass is 16.2. The Morgan fingerprint density at radius 3 is 2.69 bits per heavy atom. The van der Waals surface area contributed by atoms with Gasteiger partial charge in [0.25, 0.3) is 0 Å². The van der Waals surface area contributed by atoms with Crippen LogP contribution in [0.4, 0.5) is 0 Å². The van der Waals surface area contributed by atoms with Crippen LogP contribution in [0.3, 0.4) is 0 Å². The predicted molar refractivity (Wildman–Crippen MR) is 63.6 cm³/mol. The minimum absolute atomic E-state index is 0.147. The molecule has 16 heavy (non-hydrogen) atoms. The van der Waals surface area contributed by atoms with Gasteiger partial charge in [-0.3, -0.25) is 15.2 Å². The van der Waals surface area contributed by atoms with Crippen LogP contribution < -0.4 is 21.9 Å². The molecule has 0 aromatic heterocycles. The Bertz CT molecular complexity index is 260. The van der Waals surface area contributed by atoms with Crippen molar-refractivity contribution in [2.75, 3.05) is 13.1 Å². The summed E-state index contributed by atoms with van der Waals surface area (Å²) >= 11 is 0. The first-order chi connectivity index (χ1) is 7.63. The van der Waals surface area contributed by atoms with Crippen LogP contribution in [0.25, 0.3) is 0 Å². The second-order valence-electron chi connectivity index (χ2n) is 4.24. The summed E-state index contributed by atoms with van der Waals surface area (Å²) in [4.78, 5) is 15.5. The number of aliphatic imine (C=N–C) groups is 1. The van der Waals surface area contributed by atoms with Gasteiger partial charge in [-0.1, -0.05) is 0 Å². The highest BCUT2D eigenvalue weighted by Crippen LogP contribution is 2.28. The van der Waals surface area contributed by atoms with E-state index in [0.29, 0.717) is 19.0 Å². The number of carbonyl (C=O) groups is 1. The van der Waals surface area contributed by atoms with Gasteiger partial charge in [0.1, 0.15) is 0 Å². The number of nitrogens with two attached hydrogens (primary N) is 1. The minimum atomic E-state index is 0.147. The highest BCUT2D eigenvalue weighted by Gasteiger charge is 2.28. The molecular formula is C10H21N5O. The smallest absolute Gasteiger partial charge is 0.223 e. The summed E-state index contributed by atoms with van der Waals surface area (Å²) in [6, 6.07) is 0.274.